The van der Waals surface area contributed by atoms with Crippen molar-refractivity contribution in [1.29, 1.82) is 0 Å². The summed E-state index contributed by atoms with van der Waals surface area (Å²) in [5.74, 6) is 0.901. The molecule has 0 aliphatic heterocycles. The SMILES string of the molecule is Brc1cc(I)c(-n2cccn2)cc1OC1CC1. The van der Waals surface area contributed by atoms with E-state index in [1.54, 1.807) is 6.20 Å². The molecule has 0 spiro atoms. The first-order valence-corrected chi connectivity index (χ1v) is 7.27. The molecule has 0 unspecified atom stereocenters. The minimum absolute atomic E-state index is 0.400. The number of nitrogens with zero attached hydrogens (tertiary/aromatic N) is 2. The van der Waals surface area contributed by atoms with Crippen molar-refractivity contribution >= 4 is 38.5 Å². The smallest absolute Gasteiger partial charge is 0.136 e. The van der Waals surface area contributed by atoms with Gasteiger partial charge in [-0.2, -0.15) is 5.10 Å². The summed E-state index contributed by atoms with van der Waals surface area (Å²) < 4.78 is 9.86. The maximum absolute atomic E-state index is 5.86. The van der Waals surface area contributed by atoms with Crippen molar-refractivity contribution in [2.75, 3.05) is 0 Å². The van der Waals surface area contributed by atoms with Gasteiger partial charge >= 0.3 is 0 Å². The molecule has 2 aromatic rings. The standard InChI is InChI=1S/C12H10BrIN2O/c13-9-6-10(14)11(16-5-1-4-15-16)7-12(9)17-8-2-3-8/h1,4-8H,2-3H2. The summed E-state index contributed by atoms with van der Waals surface area (Å²) in [6.45, 7) is 0. The van der Waals surface area contributed by atoms with E-state index in [2.05, 4.69) is 49.7 Å². The van der Waals surface area contributed by atoms with Crippen LogP contribution in [0.1, 0.15) is 12.8 Å². The van der Waals surface area contributed by atoms with Crippen LogP contribution in [0.3, 0.4) is 0 Å². The highest BCUT2D eigenvalue weighted by molar-refractivity contribution is 14.1. The molecule has 0 N–H and O–H groups in total. The highest BCUT2D eigenvalue weighted by Crippen LogP contribution is 2.35. The van der Waals surface area contributed by atoms with Crippen LogP contribution in [-0.4, -0.2) is 15.9 Å². The van der Waals surface area contributed by atoms with Gasteiger partial charge in [0.05, 0.1) is 16.3 Å². The van der Waals surface area contributed by atoms with Crippen LogP contribution < -0.4 is 4.74 Å². The van der Waals surface area contributed by atoms with Crippen molar-refractivity contribution in [3.63, 3.8) is 0 Å². The van der Waals surface area contributed by atoms with Gasteiger partial charge in [-0.15, -0.1) is 0 Å². The van der Waals surface area contributed by atoms with Gasteiger partial charge in [-0.05, 0) is 63.5 Å². The van der Waals surface area contributed by atoms with Crippen molar-refractivity contribution < 1.29 is 4.74 Å². The Morgan fingerprint density at radius 3 is 2.88 bits per heavy atom. The van der Waals surface area contributed by atoms with E-state index in [0.29, 0.717) is 6.10 Å². The van der Waals surface area contributed by atoms with Gasteiger partial charge in [0.1, 0.15) is 5.75 Å². The number of hydrogen-bond acceptors (Lipinski definition) is 2. The molecule has 0 amide bonds. The van der Waals surface area contributed by atoms with Gasteiger partial charge in [-0.3, -0.25) is 0 Å². The Hall–Kier alpha value is -0.560. The van der Waals surface area contributed by atoms with E-state index in [0.717, 1.165) is 32.3 Å². The molecule has 0 atom stereocenters. The second-order valence-corrected chi connectivity index (χ2v) is 6.02. The molecule has 3 rings (SSSR count). The van der Waals surface area contributed by atoms with Crippen LogP contribution in [0.5, 0.6) is 5.75 Å². The van der Waals surface area contributed by atoms with Crippen LogP contribution in [0.4, 0.5) is 0 Å². The third-order valence-electron chi connectivity index (χ3n) is 2.57. The van der Waals surface area contributed by atoms with Crippen molar-refractivity contribution in [2.45, 2.75) is 18.9 Å². The average molecular weight is 405 g/mol. The zero-order chi connectivity index (χ0) is 11.8. The molecule has 0 radical (unpaired) electrons. The van der Waals surface area contributed by atoms with Crippen molar-refractivity contribution in [3.8, 4) is 11.4 Å². The third-order valence-corrected chi connectivity index (χ3v) is 4.05. The largest absolute Gasteiger partial charge is 0.489 e. The average Bonchev–Trinajstić information content (AvgIpc) is 2.94. The zero-order valence-electron chi connectivity index (χ0n) is 8.94. The molecule has 1 aromatic heterocycles. The Balaban J connectivity index is 2.02. The lowest BCUT2D eigenvalue weighted by molar-refractivity contribution is 0.301. The Bertz CT molecular complexity index is 538. The first-order chi connectivity index (χ1) is 8.24. The van der Waals surface area contributed by atoms with Crippen LogP contribution in [0, 0.1) is 3.57 Å². The van der Waals surface area contributed by atoms with Gasteiger partial charge in [-0.1, -0.05) is 0 Å². The summed E-state index contributed by atoms with van der Waals surface area (Å²) in [7, 11) is 0. The van der Waals surface area contributed by atoms with E-state index in [1.165, 1.54) is 0 Å². The monoisotopic (exact) mass is 404 g/mol. The molecule has 5 heteroatoms. The van der Waals surface area contributed by atoms with Crippen LogP contribution in [-0.2, 0) is 0 Å². The fourth-order valence-electron chi connectivity index (χ4n) is 1.56. The Morgan fingerprint density at radius 2 is 2.24 bits per heavy atom. The molecule has 0 saturated heterocycles. The summed E-state index contributed by atoms with van der Waals surface area (Å²) >= 11 is 5.85. The quantitative estimate of drug-likeness (QED) is 0.728. The molecule has 1 saturated carbocycles. The zero-order valence-corrected chi connectivity index (χ0v) is 12.7. The summed E-state index contributed by atoms with van der Waals surface area (Å²) in [6, 6.07) is 6.02. The predicted molar refractivity (Wildman–Crippen MR) is 77.6 cm³/mol. The van der Waals surface area contributed by atoms with Gasteiger partial charge in [0.2, 0.25) is 0 Å². The number of rotatable bonds is 3. The summed E-state index contributed by atoms with van der Waals surface area (Å²) in [4.78, 5) is 0. The van der Waals surface area contributed by atoms with Crippen LogP contribution in [0.25, 0.3) is 5.69 Å². The number of ether oxygens (including phenoxy) is 1. The maximum atomic E-state index is 5.86. The topological polar surface area (TPSA) is 27.1 Å². The minimum atomic E-state index is 0.400. The van der Waals surface area contributed by atoms with E-state index in [1.807, 2.05) is 23.0 Å². The molecule has 0 bridgehead atoms. The number of halogens is 2. The first kappa shape index (κ1) is 11.5. The molecule has 1 aliphatic carbocycles. The van der Waals surface area contributed by atoms with Crippen LogP contribution >= 0.6 is 38.5 Å². The molecular weight excluding hydrogens is 395 g/mol. The lowest BCUT2D eigenvalue weighted by atomic mass is 10.3. The van der Waals surface area contributed by atoms with Crippen molar-refractivity contribution in [1.82, 2.24) is 9.78 Å². The summed E-state index contributed by atoms with van der Waals surface area (Å²) in [5, 5.41) is 4.25. The second kappa shape index (κ2) is 4.61. The van der Waals surface area contributed by atoms with Gasteiger partial charge in [0.25, 0.3) is 0 Å². The number of hydrogen-bond donors (Lipinski definition) is 0. The van der Waals surface area contributed by atoms with E-state index in [9.17, 15) is 0 Å². The minimum Gasteiger partial charge on any atom is -0.489 e. The number of benzene rings is 1. The Labute approximate surface area is 121 Å². The molecule has 3 nitrogen and oxygen atoms in total. The molecule has 1 aromatic carbocycles. The molecular formula is C12H10BrIN2O. The molecule has 1 fully saturated rings. The maximum Gasteiger partial charge on any atom is 0.136 e. The fraction of sp³-hybridized carbons (Fsp3) is 0.250. The highest BCUT2D eigenvalue weighted by atomic mass is 127. The number of aromatic nitrogens is 2. The van der Waals surface area contributed by atoms with Gasteiger partial charge in [0, 0.05) is 22.0 Å². The van der Waals surface area contributed by atoms with Crippen LogP contribution in [0.2, 0.25) is 0 Å². The Kier molecular flexibility index (Phi) is 3.12. The van der Waals surface area contributed by atoms with Gasteiger partial charge < -0.3 is 4.74 Å². The molecule has 1 aliphatic rings. The normalized spacial score (nSPS) is 14.9. The van der Waals surface area contributed by atoms with Crippen molar-refractivity contribution in [2.24, 2.45) is 0 Å². The molecule has 1 heterocycles. The van der Waals surface area contributed by atoms with E-state index in [-0.39, 0.29) is 0 Å². The summed E-state index contributed by atoms with van der Waals surface area (Å²) in [6.07, 6.45) is 6.44. The van der Waals surface area contributed by atoms with Crippen LogP contribution in [0.15, 0.2) is 35.1 Å². The molecule has 88 valence electrons. The lowest BCUT2D eigenvalue weighted by Crippen LogP contribution is -2.02. The third kappa shape index (κ3) is 2.49. The second-order valence-electron chi connectivity index (χ2n) is 4.00. The predicted octanol–water partition coefficient (Wildman–Crippen LogP) is 3.78. The van der Waals surface area contributed by atoms with E-state index < -0.39 is 0 Å². The Morgan fingerprint density at radius 1 is 1.41 bits per heavy atom. The van der Waals surface area contributed by atoms with E-state index in [4.69, 9.17) is 4.74 Å². The van der Waals surface area contributed by atoms with Crippen molar-refractivity contribution in [3.05, 3.63) is 38.6 Å². The van der Waals surface area contributed by atoms with Gasteiger partial charge in [0.15, 0.2) is 0 Å². The first-order valence-electron chi connectivity index (χ1n) is 5.40. The fourth-order valence-corrected chi connectivity index (χ4v) is 3.14. The highest BCUT2D eigenvalue weighted by Gasteiger charge is 2.25. The lowest BCUT2D eigenvalue weighted by Gasteiger charge is -2.11. The van der Waals surface area contributed by atoms with Gasteiger partial charge in [-0.25, -0.2) is 4.68 Å². The summed E-state index contributed by atoms with van der Waals surface area (Å²) in [5.41, 5.74) is 1.05. The molecule has 17 heavy (non-hydrogen) atoms. The van der Waals surface area contributed by atoms with E-state index >= 15 is 0 Å².